The number of rotatable bonds is 5. The first-order chi connectivity index (χ1) is 17.2. The average Bonchev–Trinajstić information content (AvgIpc) is 3.15. The Morgan fingerprint density at radius 1 is 1.14 bits per heavy atom. The van der Waals surface area contributed by atoms with E-state index in [0.717, 1.165) is 53.7 Å². The van der Waals surface area contributed by atoms with Gasteiger partial charge in [0.1, 0.15) is 15.6 Å². The van der Waals surface area contributed by atoms with Crippen LogP contribution in [0.4, 0.5) is 11.5 Å². The van der Waals surface area contributed by atoms with Crippen molar-refractivity contribution in [3.8, 4) is 0 Å². The molecule has 36 heavy (non-hydrogen) atoms. The summed E-state index contributed by atoms with van der Waals surface area (Å²) in [6.07, 6.45) is 8.34. The van der Waals surface area contributed by atoms with Crippen LogP contribution in [0.5, 0.6) is 0 Å². The number of nitrogens with one attached hydrogen (secondary N) is 1. The lowest BCUT2D eigenvalue weighted by molar-refractivity contribution is 0.175. The molecule has 4 heterocycles. The third kappa shape index (κ3) is 5.04. The molecule has 2 atom stereocenters. The van der Waals surface area contributed by atoms with E-state index in [9.17, 15) is 4.55 Å². The lowest BCUT2D eigenvalue weighted by Crippen LogP contribution is -2.49. The number of pyridine rings is 3. The Bertz CT molecular complexity index is 1230. The summed E-state index contributed by atoms with van der Waals surface area (Å²) in [7, 11) is 0. The normalized spacial score (nSPS) is 19.9. The van der Waals surface area contributed by atoms with Crippen LogP contribution >= 0.6 is 23.4 Å². The highest BCUT2D eigenvalue weighted by Crippen LogP contribution is 2.52. The highest BCUT2D eigenvalue weighted by Gasteiger charge is 2.51. The molecule has 1 aliphatic carbocycles. The second-order valence-electron chi connectivity index (χ2n) is 10.5. The Kier molecular flexibility index (Phi) is 7.13. The lowest BCUT2D eigenvalue weighted by atomic mass is 9.73. The molecule has 7 nitrogen and oxygen atoms in total. The van der Waals surface area contributed by atoms with E-state index in [0.29, 0.717) is 10.8 Å². The summed E-state index contributed by atoms with van der Waals surface area (Å²) in [4.78, 5) is 16.6. The van der Waals surface area contributed by atoms with E-state index in [1.54, 1.807) is 6.20 Å². The van der Waals surface area contributed by atoms with Gasteiger partial charge in [-0.15, -0.1) is 4.72 Å². The molecular formula is C26H31ClN6OS2. The van der Waals surface area contributed by atoms with E-state index < -0.39 is 11.4 Å². The monoisotopic (exact) mass is 542 g/mol. The molecule has 1 fully saturated rings. The molecule has 5 rings (SSSR count). The number of anilines is 2. The Labute approximate surface area is 225 Å². The predicted octanol–water partition coefficient (Wildman–Crippen LogP) is 5.19. The van der Waals surface area contributed by atoms with E-state index in [1.807, 2.05) is 51.4 Å². The quantitative estimate of drug-likeness (QED) is 0.424. The van der Waals surface area contributed by atoms with Gasteiger partial charge in [0.05, 0.1) is 22.9 Å². The highest BCUT2D eigenvalue weighted by atomic mass is 35.5. The maximum Gasteiger partial charge on any atom is 0.143 e. The van der Waals surface area contributed by atoms with Crippen LogP contribution < -0.4 is 15.4 Å². The van der Waals surface area contributed by atoms with Crippen LogP contribution in [-0.4, -0.2) is 37.3 Å². The SMILES string of the molecule is CC(C)(C)[S@@+]([O-])N[C@@H]1c2cccnc2CC12CCN(c1ccc(Sc3ccnc(N)c3Cl)nc1)CC2. The number of piperidine rings is 1. The summed E-state index contributed by atoms with van der Waals surface area (Å²) < 4.78 is 16.3. The first-order valence-electron chi connectivity index (χ1n) is 12.1. The van der Waals surface area contributed by atoms with Crippen LogP contribution in [0.2, 0.25) is 5.02 Å². The Hall–Kier alpha value is -2.04. The van der Waals surface area contributed by atoms with Gasteiger partial charge >= 0.3 is 0 Å². The van der Waals surface area contributed by atoms with Crippen LogP contribution in [-0.2, 0) is 17.8 Å². The van der Waals surface area contributed by atoms with Crippen LogP contribution in [0.1, 0.15) is 50.9 Å². The van der Waals surface area contributed by atoms with Gasteiger partial charge in [-0.1, -0.05) is 29.4 Å². The van der Waals surface area contributed by atoms with E-state index in [2.05, 4.69) is 36.7 Å². The van der Waals surface area contributed by atoms with Crippen molar-refractivity contribution in [1.29, 1.82) is 0 Å². The topological polar surface area (TPSA) is 103 Å². The molecule has 1 spiro atoms. The van der Waals surface area contributed by atoms with Gasteiger partial charge in [0, 0.05) is 52.8 Å². The molecule has 0 radical (unpaired) electrons. The molecule has 3 N–H and O–H groups in total. The summed E-state index contributed by atoms with van der Waals surface area (Å²) >= 11 is 6.60. The van der Waals surface area contributed by atoms with E-state index in [-0.39, 0.29) is 16.2 Å². The Morgan fingerprint density at radius 3 is 2.61 bits per heavy atom. The smallest absolute Gasteiger partial charge is 0.143 e. The molecule has 0 aromatic carbocycles. The Balaban J connectivity index is 1.29. The molecule has 0 amide bonds. The van der Waals surface area contributed by atoms with Gasteiger partial charge in [-0.05, 0) is 69.9 Å². The minimum absolute atomic E-state index is 0.00927. The van der Waals surface area contributed by atoms with Crippen molar-refractivity contribution in [2.75, 3.05) is 23.7 Å². The fourth-order valence-electron chi connectivity index (χ4n) is 5.03. The zero-order valence-electron chi connectivity index (χ0n) is 20.7. The number of nitrogen functional groups attached to an aromatic ring is 1. The Morgan fingerprint density at radius 2 is 1.92 bits per heavy atom. The van der Waals surface area contributed by atoms with Crippen molar-refractivity contribution in [2.24, 2.45) is 5.41 Å². The molecular weight excluding hydrogens is 512 g/mol. The van der Waals surface area contributed by atoms with Gasteiger partial charge in [0.2, 0.25) is 0 Å². The third-order valence-corrected chi connectivity index (χ3v) is 10.2. The first kappa shape index (κ1) is 25.6. The van der Waals surface area contributed by atoms with Gasteiger partial charge in [0.25, 0.3) is 0 Å². The minimum Gasteiger partial charge on any atom is -0.598 e. The molecule has 1 saturated heterocycles. The molecule has 1 aliphatic heterocycles. The summed E-state index contributed by atoms with van der Waals surface area (Å²) in [5.41, 5.74) is 9.26. The van der Waals surface area contributed by atoms with Gasteiger partial charge < -0.3 is 15.2 Å². The number of hydrogen-bond acceptors (Lipinski definition) is 8. The molecule has 3 aromatic heterocycles. The predicted molar refractivity (Wildman–Crippen MR) is 148 cm³/mol. The van der Waals surface area contributed by atoms with Gasteiger partial charge in [-0.2, -0.15) is 0 Å². The highest BCUT2D eigenvalue weighted by molar-refractivity contribution is 7.99. The largest absolute Gasteiger partial charge is 0.598 e. The fraction of sp³-hybridized carbons (Fsp3) is 0.423. The summed E-state index contributed by atoms with van der Waals surface area (Å²) in [6, 6.07) is 10.1. The van der Waals surface area contributed by atoms with Crippen molar-refractivity contribution < 1.29 is 4.55 Å². The van der Waals surface area contributed by atoms with Crippen LogP contribution in [0.25, 0.3) is 0 Å². The standard InChI is InChI=1S/C26H31ClN6OS2/c1-25(2,3)36(34)32-23-18-5-4-11-29-19(18)15-26(23)9-13-33(14-10-26)17-6-7-21(31-16-17)35-20-8-12-30-24(28)22(20)27/h4-8,11-12,16,23,32H,9-10,13-15H2,1-3H3,(H2,28,30)/t23-,36-/m1/s1. The number of fused-ring (bicyclic) bond motifs is 1. The second kappa shape index (κ2) is 10.0. The molecule has 190 valence electrons. The molecule has 3 aromatic rings. The summed E-state index contributed by atoms with van der Waals surface area (Å²) in [5, 5.41) is 1.31. The van der Waals surface area contributed by atoms with E-state index >= 15 is 0 Å². The summed E-state index contributed by atoms with van der Waals surface area (Å²) in [6.45, 7) is 7.86. The minimum atomic E-state index is -1.15. The molecule has 2 aliphatic rings. The number of hydrogen-bond donors (Lipinski definition) is 2. The van der Waals surface area contributed by atoms with Crippen LogP contribution in [0, 0.1) is 5.41 Å². The van der Waals surface area contributed by atoms with Crippen molar-refractivity contribution in [2.45, 2.75) is 60.7 Å². The number of halogens is 1. The maximum absolute atomic E-state index is 13.1. The van der Waals surface area contributed by atoms with E-state index in [1.165, 1.54) is 17.3 Å². The number of nitrogens with zero attached hydrogens (tertiary/aromatic N) is 4. The van der Waals surface area contributed by atoms with Crippen molar-refractivity contribution in [1.82, 2.24) is 19.7 Å². The number of aromatic nitrogens is 3. The third-order valence-electron chi connectivity index (χ3n) is 7.09. The van der Waals surface area contributed by atoms with Crippen molar-refractivity contribution in [3.05, 3.63) is 65.2 Å². The maximum atomic E-state index is 13.1. The number of nitrogens with two attached hydrogens (primary N) is 1. The average molecular weight is 543 g/mol. The molecule has 0 saturated carbocycles. The zero-order chi connectivity index (χ0) is 25.5. The molecule has 10 heteroatoms. The molecule has 0 bridgehead atoms. The van der Waals surface area contributed by atoms with Crippen LogP contribution in [0.3, 0.4) is 0 Å². The van der Waals surface area contributed by atoms with Gasteiger partial charge in [-0.25, -0.2) is 9.97 Å². The van der Waals surface area contributed by atoms with Crippen molar-refractivity contribution >= 4 is 46.2 Å². The summed E-state index contributed by atoms with van der Waals surface area (Å²) in [5.74, 6) is 0.323. The zero-order valence-corrected chi connectivity index (χ0v) is 23.1. The van der Waals surface area contributed by atoms with E-state index in [4.69, 9.17) is 17.3 Å². The van der Waals surface area contributed by atoms with Crippen molar-refractivity contribution in [3.63, 3.8) is 0 Å². The van der Waals surface area contributed by atoms with Gasteiger partial charge in [-0.3, -0.25) is 4.98 Å². The first-order valence-corrected chi connectivity index (χ1v) is 14.4. The fourth-order valence-corrected chi connectivity index (χ4v) is 6.99. The van der Waals surface area contributed by atoms with Crippen LogP contribution in [0.15, 0.2) is 58.8 Å². The lowest BCUT2D eigenvalue weighted by Gasteiger charge is -2.44. The van der Waals surface area contributed by atoms with Gasteiger partial charge in [0.15, 0.2) is 0 Å². The molecule has 0 unspecified atom stereocenters. The second-order valence-corrected chi connectivity index (χ2v) is 13.9.